The average molecular weight is 250 g/mol. The van der Waals surface area contributed by atoms with E-state index in [1.54, 1.807) is 13.4 Å². The first-order valence-electron chi connectivity index (χ1n) is 5.96. The first-order valence-corrected chi connectivity index (χ1v) is 5.96. The van der Waals surface area contributed by atoms with Crippen LogP contribution in [-0.4, -0.2) is 46.2 Å². The molecule has 3 N–H and O–H groups in total. The summed E-state index contributed by atoms with van der Waals surface area (Å²) in [5.41, 5.74) is 1.45. The van der Waals surface area contributed by atoms with Crippen LogP contribution in [0.1, 0.15) is 13.8 Å². The second kappa shape index (κ2) is 5.63. The number of anilines is 2. The molecule has 0 spiro atoms. The third kappa shape index (κ3) is 2.67. The second-order valence-corrected chi connectivity index (χ2v) is 3.95. The lowest BCUT2D eigenvalue weighted by Crippen LogP contribution is -2.19. The van der Waals surface area contributed by atoms with Gasteiger partial charge in [-0.05, 0) is 13.8 Å². The minimum absolute atomic E-state index is 0.112. The summed E-state index contributed by atoms with van der Waals surface area (Å²) in [5.74, 6) is 1.31. The van der Waals surface area contributed by atoms with Crippen molar-refractivity contribution in [2.24, 2.45) is 0 Å². The first-order chi connectivity index (χ1) is 8.74. The van der Waals surface area contributed by atoms with E-state index in [0.717, 1.165) is 17.9 Å². The normalized spacial score (nSPS) is 12.6. The molecule has 7 heteroatoms. The molecule has 0 aromatic carbocycles. The molecule has 18 heavy (non-hydrogen) atoms. The Morgan fingerprint density at radius 1 is 1.39 bits per heavy atom. The van der Waals surface area contributed by atoms with Crippen LogP contribution in [0.15, 0.2) is 6.33 Å². The molecule has 98 valence electrons. The zero-order valence-electron chi connectivity index (χ0n) is 10.8. The Morgan fingerprint density at radius 2 is 2.22 bits per heavy atom. The highest BCUT2D eigenvalue weighted by Gasteiger charge is 2.10. The van der Waals surface area contributed by atoms with Crippen LogP contribution < -0.4 is 10.6 Å². The Balaban J connectivity index is 2.25. The summed E-state index contributed by atoms with van der Waals surface area (Å²) >= 11 is 0. The average Bonchev–Trinajstić information content (AvgIpc) is 2.84. The summed E-state index contributed by atoms with van der Waals surface area (Å²) in [7, 11) is 1.68. The maximum atomic E-state index is 5.20. The van der Waals surface area contributed by atoms with Crippen molar-refractivity contribution in [1.29, 1.82) is 0 Å². The largest absolute Gasteiger partial charge is 0.380 e. The minimum Gasteiger partial charge on any atom is -0.380 e. The highest BCUT2D eigenvalue weighted by atomic mass is 16.5. The summed E-state index contributed by atoms with van der Waals surface area (Å²) in [6, 6.07) is 0. The predicted octanol–water partition coefficient (Wildman–Crippen LogP) is 1.23. The van der Waals surface area contributed by atoms with Gasteiger partial charge in [0.25, 0.3) is 0 Å². The van der Waals surface area contributed by atoms with E-state index in [9.17, 15) is 0 Å². The van der Waals surface area contributed by atoms with Crippen molar-refractivity contribution < 1.29 is 4.74 Å². The third-order valence-corrected chi connectivity index (χ3v) is 2.58. The van der Waals surface area contributed by atoms with E-state index in [4.69, 9.17) is 4.74 Å². The van der Waals surface area contributed by atoms with Gasteiger partial charge in [0.2, 0.25) is 5.95 Å². The maximum Gasteiger partial charge on any atom is 0.226 e. The van der Waals surface area contributed by atoms with Gasteiger partial charge in [0.05, 0.1) is 12.4 Å². The number of nitrogens with one attached hydrogen (secondary N) is 3. The molecule has 0 amide bonds. The zero-order chi connectivity index (χ0) is 13.0. The molecular weight excluding hydrogens is 232 g/mol. The highest BCUT2D eigenvalue weighted by molar-refractivity contribution is 5.83. The van der Waals surface area contributed by atoms with Crippen molar-refractivity contribution >= 4 is 22.9 Å². The first kappa shape index (κ1) is 12.6. The van der Waals surface area contributed by atoms with E-state index < -0.39 is 0 Å². The van der Waals surface area contributed by atoms with Gasteiger partial charge in [-0.1, -0.05) is 0 Å². The van der Waals surface area contributed by atoms with Crippen molar-refractivity contribution in [3.8, 4) is 0 Å². The summed E-state index contributed by atoms with van der Waals surface area (Å²) < 4.78 is 5.20. The third-order valence-electron chi connectivity index (χ3n) is 2.58. The monoisotopic (exact) mass is 250 g/mol. The number of hydrogen-bond donors (Lipinski definition) is 3. The van der Waals surface area contributed by atoms with Gasteiger partial charge in [-0.3, -0.25) is 0 Å². The van der Waals surface area contributed by atoms with Crippen LogP contribution in [0, 0.1) is 0 Å². The Labute approximate surface area is 105 Å². The molecule has 0 saturated carbocycles. The number of nitrogens with zero attached hydrogens (tertiary/aromatic N) is 3. The summed E-state index contributed by atoms with van der Waals surface area (Å²) in [4.78, 5) is 15.9. The SMILES string of the molecule is CCNc1nc(NCC(C)OC)c2[nH]cnc2n1. The Bertz CT molecular complexity index is 511. The van der Waals surface area contributed by atoms with Crippen LogP contribution in [0.4, 0.5) is 11.8 Å². The van der Waals surface area contributed by atoms with E-state index >= 15 is 0 Å². The van der Waals surface area contributed by atoms with E-state index in [0.29, 0.717) is 18.1 Å². The van der Waals surface area contributed by atoms with E-state index in [2.05, 4.69) is 30.6 Å². The Morgan fingerprint density at radius 3 is 2.94 bits per heavy atom. The van der Waals surface area contributed by atoms with Crippen LogP contribution in [0.5, 0.6) is 0 Å². The van der Waals surface area contributed by atoms with Crippen molar-refractivity contribution in [1.82, 2.24) is 19.9 Å². The topological polar surface area (TPSA) is 87.8 Å². The summed E-state index contributed by atoms with van der Waals surface area (Å²) in [6.45, 7) is 5.43. The number of H-pyrrole nitrogens is 1. The highest BCUT2D eigenvalue weighted by Crippen LogP contribution is 2.18. The predicted molar refractivity (Wildman–Crippen MR) is 70.8 cm³/mol. The number of aromatic nitrogens is 4. The van der Waals surface area contributed by atoms with Gasteiger partial charge in [0.1, 0.15) is 5.52 Å². The minimum atomic E-state index is 0.112. The lowest BCUT2D eigenvalue weighted by Gasteiger charge is -2.12. The lowest BCUT2D eigenvalue weighted by atomic mass is 10.4. The number of ether oxygens (including phenoxy) is 1. The molecule has 2 rings (SSSR count). The fourth-order valence-corrected chi connectivity index (χ4v) is 1.52. The smallest absolute Gasteiger partial charge is 0.226 e. The molecular formula is C11H18N6O. The molecule has 7 nitrogen and oxygen atoms in total. The van der Waals surface area contributed by atoms with Crippen LogP contribution in [0.3, 0.4) is 0 Å². The van der Waals surface area contributed by atoms with Crippen molar-refractivity contribution in [2.45, 2.75) is 20.0 Å². The standard InChI is InChI=1S/C11H18N6O/c1-4-12-11-16-9(13-5-7(2)18-3)8-10(17-11)15-6-14-8/h6-7H,4-5H2,1-3H3,(H3,12,13,14,15,16,17). The molecule has 2 aromatic heterocycles. The molecule has 1 unspecified atom stereocenters. The van der Waals surface area contributed by atoms with Gasteiger partial charge >= 0.3 is 0 Å². The van der Waals surface area contributed by atoms with Gasteiger partial charge < -0.3 is 20.4 Å². The summed E-state index contributed by atoms with van der Waals surface area (Å²) in [5, 5.41) is 6.32. The molecule has 0 aliphatic heterocycles. The molecule has 1 atom stereocenters. The van der Waals surface area contributed by atoms with Gasteiger partial charge in [-0.25, -0.2) is 4.98 Å². The van der Waals surface area contributed by atoms with Crippen LogP contribution in [0.2, 0.25) is 0 Å². The van der Waals surface area contributed by atoms with Crippen LogP contribution >= 0.6 is 0 Å². The fraction of sp³-hybridized carbons (Fsp3) is 0.545. The van der Waals surface area contributed by atoms with Gasteiger partial charge in [-0.2, -0.15) is 9.97 Å². The molecule has 0 bridgehead atoms. The lowest BCUT2D eigenvalue weighted by molar-refractivity contribution is 0.128. The zero-order valence-corrected chi connectivity index (χ0v) is 10.8. The number of imidazole rings is 1. The molecule has 2 aromatic rings. The molecule has 0 saturated heterocycles. The van der Waals surface area contributed by atoms with Gasteiger partial charge in [0, 0.05) is 20.2 Å². The number of methoxy groups -OCH3 is 1. The summed E-state index contributed by atoms with van der Waals surface area (Å²) in [6.07, 6.45) is 1.72. The number of fused-ring (bicyclic) bond motifs is 1. The molecule has 0 radical (unpaired) electrons. The van der Waals surface area contributed by atoms with Crippen LogP contribution in [-0.2, 0) is 4.74 Å². The van der Waals surface area contributed by atoms with E-state index in [-0.39, 0.29) is 6.10 Å². The van der Waals surface area contributed by atoms with Gasteiger partial charge in [0.15, 0.2) is 11.5 Å². The van der Waals surface area contributed by atoms with Crippen molar-refractivity contribution in [3.05, 3.63) is 6.33 Å². The Hall–Kier alpha value is -1.89. The second-order valence-electron chi connectivity index (χ2n) is 3.95. The Kier molecular flexibility index (Phi) is 3.93. The molecule has 0 aliphatic rings. The quantitative estimate of drug-likeness (QED) is 0.714. The molecule has 2 heterocycles. The maximum absolute atomic E-state index is 5.20. The number of aromatic amines is 1. The number of rotatable bonds is 6. The molecule has 0 fully saturated rings. The number of hydrogen-bond acceptors (Lipinski definition) is 6. The molecule has 0 aliphatic carbocycles. The fourth-order valence-electron chi connectivity index (χ4n) is 1.52. The van der Waals surface area contributed by atoms with Crippen molar-refractivity contribution in [2.75, 3.05) is 30.8 Å². The van der Waals surface area contributed by atoms with E-state index in [1.165, 1.54) is 0 Å². The van der Waals surface area contributed by atoms with Crippen LogP contribution in [0.25, 0.3) is 11.2 Å². The van der Waals surface area contributed by atoms with Crippen molar-refractivity contribution in [3.63, 3.8) is 0 Å². The van der Waals surface area contributed by atoms with E-state index in [1.807, 2.05) is 13.8 Å². The van der Waals surface area contributed by atoms with Gasteiger partial charge in [-0.15, -0.1) is 0 Å².